The average molecular weight is 309 g/mol. The summed E-state index contributed by atoms with van der Waals surface area (Å²) in [6.45, 7) is 4.12. The van der Waals surface area contributed by atoms with Crippen molar-refractivity contribution in [3.63, 3.8) is 0 Å². The van der Waals surface area contributed by atoms with Gasteiger partial charge in [0.1, 0.15) is 17.1 Å². The first-order valence-corrected chi connectivity index (χ1v) is 8.54. The third-order valence-corrected chi connectivity index (χ3v) is 5.02. The molecule has 3 nitrogen and oxygen atoms in total. The minimum Gasteiger partial charge on any atom is -0.507 e. The molecule has 0 saturated heterocycles. The molecule has 2 aliphatic rings. The van der Waals surface area contributed by atoms with Gasteiger partial charge in [-0.15, -0.1) is 0 Å². The molecule has 1 saturated carbocycles. The summed E-state index contributed by atoms with van der Waals surface area (Å²) in [5.41, 5.74) is 3.56. The first-order valence-electron chi connectivity index (χ1n) is 8.54. The average Bonchev–Trinajstić information content (AvgIpc) is 3.30. The molecule has 1 aliphatic carbocycles. The Hall–Kier alpha value is -2.03. The first kappa shape index (κ1) is 14.6. The monoisotopic (exact) mass is 309 g/mol. The van der Waals surface area contributed by atoms with Crippen LogP contribution >= 0.6 is 0 Å². The van der Waals surface area contributed by atoms with Gasteiger partial charge in [0.15, 0.2) is 0 Å². The van der Waals surface area contributed by atoms with Gasteiger partial charge in [-0.1, -0.05) is 19.3 Å². The zero-order valence-electron chi connectivity index (χ0n) is 13.8. The van der Waals surface area contributed by atoms with Crippen LogP contribution in [0.5, 0.6) is 11.5 Å². The molecule has 120 valence electrons. The van der Waals surface area contributed by atoms with Crippen molar-refractivity contribution in [2.24, 2.45) is 5.92 Å². The predicted molar refractivity (Wildman–Crippen MR) is 90.7 cm³/mol. The number of nitrogens with zero attached hydrogens (tertiary/aromatic N) is 1. The standard InChI is InChI=1S/C20H23NO2/c1-20(2)16-8-9-21-12-15(16)19-17(22)10-14(11-18(19)23-20)5-3-4-13-6-7-13/h8-13,22H,3-7H2,1-2H3. The van der Waals surface area contributed by atoms with Gasteiger partial charge in [-0.05, 0) is 56.4 Å². The zero-order chi connectivity index (χ0) is 16.0. The van der Waals surface area contributed by atoms with Crippen LogP contribution in [0.1, 0.15) is 50.7 Å². The maximum atomic E-state index is 10.6. The fraction of sp³-hybridized carbons (Fsp3) is 0.450. The topological polar surface area (TPSA) is 42.4 Å². The van der Waals surface area contributed by atoms with Crippen LogP contribution in [0.3, 0.4) is 0 Å². The van der Waals surface area contributed by atoms with Crippen LogP contribution in [0.4, 0.5) is 0 Å². The number of hydrogen-bond acceptors (Lipinski definition) is 3. The molecule has 0 amide bonds. The quantitative estimate of drug-likeness (QED) is 0.881. The molecule has 23 heavy (non-hydrogen) atoms. The normalized spacial score (nSPS) is 18.0. The maximum Gasteiger partial charge on any atom is 0.132 e. The number of phenols is 1. The van der Waals surface area contributed by atoms with Crippen LogP contribution < -0.4 is 4.74 Å². The number of aryl methyl sites for hydroxylation is 1. The van der Waals surface area contributed by atoms with Crippen LogP contribution in [0.2, 0.25) is 0 Å². The molecule has 4 rings (SSSR count). The Morgan fingerprint density at radius 3 is 2.91 bits per heavy atom. The molecule has 1 fully saturated rings. The van der Waals surface area contributed by atoms with Crippen molar-refractivity contribution in [3.8, 4) is 22.6 Å². The lowest BCUT2D eigenvalue weighted by Crippen LogP contribution is -2.29. The minimum absolute atomic E-state index is 0.300. The smallest absolute Gasteiger partial charge is 0.132 e. The van der Waals surface area contributed by atoms with Crippen LogP contribution in [-0.2, 0) is 12.0 Å². The Balaban J connectivity index is 1.69. The second kappa shape index (κ2) is 5.26. The Morgan fingerprint density at radius 2 is 2.13 bits per heavy atom. The number of aromatic hydroxyl groups is 1. The molecule has 1 aromatic carbocycles. The van der Waals surface area contributed by atoms with Crippen LogP contribution in [0.25, 0.3) is 11.1 Å². The van der Waals surface area contributed by atoms with Gasteiger partial charge >= 0.3 is 0 Å². The molecule has 2 aromatic rings. The number of aromatic nitrogens is 1. The Kier molecular flexibility index (Phi) is 3.33. The number of benzene rings is 1. The van der Waals surface area contributed by atoms with E-state index in [1.54, 1.807) is 6.20 Å². The number of ether oxygens (including phenoxy) is 1. The summed E-state index contributed by atoms with van der Waals surface area (Å²) < 4.78 is 6.22. The van der Waals surface area contributed by atoms with Crippen molar-refractivity contribution < 1.29 is 9.84 Å². The van der Waals surface area contributed by atoms with Gasteiger partial charge in [0, 0.05) is 23.5 Å². The summed E-state index contributed by atoms with van der Waals surface area (Å²) >= 11 is 0. The van der Waals surface area contributed by atoms with E-state index in [0.717, 1.165) is 40.3 Å². The van der Waals surface area contributed by atoms with Gasteiger partial charge in [0.2, 0.25) is 0 Å². The predicted octanol–water partition coefficient (Wildman–Crippen LogP) is 4.81. The van der Waals surface area contributed by atoms with Crippen molar-refractivity contribution in [1.29, 1.82) is 0 Å². The van der Waals surface area contributed by atoms with Gasteiger partial charge in [-0.25, -0.2) is 0 Å². The Bertz CT molecular complexity index is 747. The van der Waals surface area contributed by atoms with Crippen molar-refractivity contribution in [2.75, 3.05) is 0 Å². The minimum atomic E-state index is -0.412. The number of pyridine rings is 1. The van der Waals surface area contributed by atoms with Crippen LogP contribution in [-0.4, -0.2) is 10.1 Å². The van der Waals surface area contributed by atoms with Crippen molar-refractivity contribution in [1.82, 2.24) is 4.98 Å². The van der Waals surface area contributed by atoms with E-state index in [0.29, 0.717) is 5.75 Å². The molecule has 1 aromatic heterocycles. The number of rotatable bonds is 4. The largest absolute Gasteiger partial charge is 0.507 e. The molecular weight excluding hydrogens is 286 g/mol. The van der Waals surface area contributed by atoms with E-state index in [9.17, 15) is 5.11 Å². The Labute approximate surface area is 137 Å². The fourth-order valence-corrected chi connectivity index (χ4v) is 3.60. The van der Waals surface area contributed by atoms with E-state index < -0.39 is 5.60 Å². The lowest BCUT2D eigenvalue weighted by Gasteiger charge is -2.35. The molecule has 0 spiro atoms. The summed E-state index contributed by atoms with van der Waals surface area (Å²) in [6, 6.07) is 5.96. The van der Waals surface area contributed by atoms with Crippen molar-refractivity contribution in [2.45, 2.75) is 51.6 Å². The molecule has 0 atom stereocenters. The number of phenolic OH excluding ortho intramolecular Hbond substituents is 1. The highest BCUT2D eigenvalue weighted by Gasteiger charge is 2.34. The van der Waals surface area contributed by atoms with Crippen LogP contribution in [0, 0.1) is 5.92 Å². The number of fused-ring (bicyclic) bond motifs is 3. The molecule has 2 heterocycles. The second-order valence-electron chi connectivity index (χ2n) is 7.36. The lowest BCUT2D eigenvalue weighted by atomic mass is 9.86. The van der Waals surface area contributed by atoms with E-state index in [2.05, 4.69) is 24.9 Å². The van der Waals surface area contributed by atoms with Gasteiger partial charge in [-0.2, -0.15) is 0 Å². The SMILES string of the molecule is CC1(C)Oc2cc(CCCC3CC3)cc(O)c2-c2cnccc21. The molecular formula is C20H23NO2. The Morgan fingerprint density at radius 1 is 1.30 bits per heavy atom. The van der Waals surface area contributed by atoms with E-state index in [-0.39, 0.29) is 0 Å². The highest BCUT2D eigenvalue weighted by molar-refractivity contribution is 5.81. The number of hydrogen-bond donors (Lipinski definition) is 1. The molecule has 0 bridgehead atoms. The van der Waals surface area contributed by atoms with E-state index in [1.807, 2.05) is 18.3 Å². The molecule has 1 aliphatic heterocycles. The van der Waals surface area contributed by atoms with Crippen molar-refractivity contribution in [3.05, 3.63) is 41.7 Å². The molecule has 3 heteroatoms. The lowest BCUT2D eigenvalue weighted by molar-refractivity contribution is 0.105. The van der Waals surface area contributed by atoms with E-state index in [1.165, 1.54) is 25.7 Å². The van der Waals surface area contributed by atoms with Gasteiger partial charge in [-0.3, -0.25) is 4.98 Å². The zero-order valence-corrected chi connectivity index (χ0v) is 13.8. The third kappa shape index (κ3) is 2.69. The van der Waals surface area contributed by atoms with Crippen molar-refractivity contribution >= 4 is 0 Å². The van der Waals surface area contributed by atoms with Crippen LogP contribution in [0.15, 0.2) is 30.6 Å². The summed E-state index contributed by atoms with van der Waals surface area (Å²) in [7, 11) is 0. The maximum absolute atomic E-state index is 10.6. The molecule has 0 unspecified atom stereocenters. The first-order chi connectivity index (χ1) is 11.0. The highest BCUT2D eigenvalue weighted by Crippen LogP contribution is 2.49. The summed E-state index contributed by atoms with van der Waals surface area (Å²) in [5, 5.41) is 10.6. The fourth-order valence-electron chi connectivity index (χ4n) is 3.60. The second-order valence-corrected chi connectivity index (χ2v) is 7.36. The molecule has 0 radical (unpaired) electrons. The molecule has 1 N–H and O–H groups in total. The van der Waals surface area contributed by atoms with E-state index in [4.69, 9.17) is 4.74 Å². The summed E-state index contributed by atoms with van der Waals surface area (Å²) in [5.74, 6) is 2.03. The highest BCUT2D eigenvalue weighted by atomic mass is 16.5. The van der Waals surface area contributed by atoms with Gasteiger partial charge in [0.25, 0.3) is 0 Å². The summed E-state index contributed by atoms with van der Waals surface area (Å²) in [4.78, 5) is 4.24. The third-order valence-electron chi connectivity index (χ3n) is 5.02. The van der Waals surface area contributed by atoms with Gasteiger partial charge < -0.3 is 9.84 Å². The van der Waals surface area contributed by atoms with E-state index >= 15 is 0 Å². The van der Waals surface area contributed by atoms with Gasteiger partial charge in [0.05, 0.1) is 5.56 Å². The summed E-state index contributed by atoms with van der Waals surface area (Å²) in [6.07, 6.45) is 9.89.